The van der Waals surface area contributed by atoms with Crippen LogP contribution in [0.1, 0.15) is 17.3 Å². The minimum atomic E-state index is -0.429. The first-order valence-corrected chi connectivity index (χ1v) is 5.09. The summed E-state index contributed by atoms with van der Waals surface area (Å²) in [6, 6.07) is 0. The van der Waals surface area contributed by atoms with Crippen LogP contribution in [-0.2, 0) is 4.74 Å². The van der Waals surface area contributed by atoms with Crippen molar-refractivity contribution < 1.29 is 9.53 Å². The molecular formula is C7H6Br2N2O2. The summed E-state index contributed by atoms with van der Waals surface area (Å²) in [4.78, 5) is 18.9. The second kappa shape index (κ2) is 4.66. The predicted octanol–water partition coefficient (Wildman–Crippen LogP) is 2.18. The van der Waals surface area contributed by atoms with Gasteiger partial charge in [-0.25, -0.2) is 14.8 Å². The molecule has 0 aromatic carbocycles. The smallest absolute Gasteiger partial charge is 0.342 e. The standard InChI is InChI=1S/C7H6Br2N2O2/c1-2-13-6(12)4-3-10-7(9)11-5(4)8/h3H,2H2,1H3. The lowest BCUT2D eigenvalue weighted by atomic mass is 10.3. The highest BCUT2D eigenvalue weighted by Gasteiger charge is 2.12. The van der Waals surface area contributed by atoms with E-state index in [0.29, 0.717) is 21.5 Å². The summed E-state index contributed by atoms with van der Waals surface area (Å²) in [5.41, 5.74) is 0.324. The molecule has 0 aliphatic rings. The lowest BCUT2D eigenvalue weighted by molar-refractivity contribution is 0.0524. The van der Waals surface area contributed by atoms with Gasteiger partial charge < -0.3 is 4.74 Å². The van der Waals surface area contributed by atoms with E-state index >= 15 is 0 Å². The molecule has 0 fully saturated rings. The molecule has 1 aromatic heterocycles. The van der Waals surface area contributed by atoms with Gasteiger partial charge in [0, 0.05) is 6.20 Å². The number of hydrogen-bond donors (Lipinski definition) is 0. The normalized spacial score (nSPS) is 9.77. The van der Waals surface area contributed by atoms with Crippen LogP contribution < -0.4 is 0 Å². The van der Waals surface area contributed by atoms with Gasteiger partial charge in [-0.05, 0) is 38.8 Å². The molecule has 0 atom stereocenters. The van der Waals surface area contributed by atoms with Crippen molar-refractivity contribution >= 4 is 37.8 Å². The SMILES string of the molecule is CCOC(=O)c1cnc(Br)nc1Br. The molecule has 70 valence electrons. The molecule has 0 saturated carbocycles. The average molecular weight is 310 g/mol. The van der Waals surface area contributed by atoms with Crippen LogP contribution in [0.3, 0.4) is 0 Å². The zero-order valence-corrected chi connectivity index (χ0v) is 9.92. The summed E-state index contributed by atoms with van der Waals surface area (Å²) in [5, 5.41) is 0. The average Bonchev–Trinajstić information content (AvgIpc) is 2.04. The number of hydrogen-bond acceptors (Lipinski definition) is 4. The molecular weight excluding hydrogens is 304 g/mol. The predicted molar refractivity (Wildman–Crippen MR) is 53.4 cm³/mol. The Morgan fingerprint density at radius 2 is 2.31 bits per heavy atom. The van der Waals surface area contributed by atoms with Crippen molar-refractivity contribution in [3.63, 3.8) is 0 Å². The van der Waals surface area contributed by atoms with E-state index in [1.54, 1.807) is 6.92 Å². The topological polar surface area (TPSA) is 52.1 Å². The van der Waals surface area contributed by atoms with Crippen molar-refractivity contribution in [3.05, 3.63) is 21.1 Å². The largest absolute Gasteiger partial charge is 0.462 e. The first kappa shape index (κ1) is 10.6. The Kier molecular flexibility index (Phi) is 3.80. The molecule has 0 radical (unpaired) electrons. The lowest BCUT2D eigenvalue weighted by Gasteiger charge is -2.02. The zero-order chi connectivity index (χ0) is 9.84. The van der Waals surface area contributed by atoms with Crippen LogP contribution in [0.25, 0.3) is 0 Å². The Morgan fingerprint density at radius 3 is 2.85 bits per heavy atom. The maximum atomic E-state index is 11.2. The summed E-state index contributed by atoms with van der Waals surface area (Å²) in [7, 11) is 0. The van der Waals surface area contributed by atoms with E-state index in [-0.39, 0.29) is 0 Å². The number of nitrogens with zero attached hydrogens (tertiary/aromatic N) is 2. The Bertz CT molecular complexity index is 330. The Morgan fingerprint density at radius 1 is 1.62 bits per heavy atom. The molecule has 0 amide bonds. The molecule has 1 heterocycles. The van der Waals surface area contributed by atoms with Crippen molar-refractivity contribution in [1.82, 2.24) is 9.97 Å². The summed E-state index contributed by atoms with van der Waals surface area (Å²) in [6.45, 7) is 2.08. The van der Waals surface area contributed by atoms with Gasteiger partial charge >= 0.3 is 5.97 Å². The number of rotatable bonds is 2. The van der Waals surface area contributed by atoms with E-state index in [4.69, 9.17) is 4.74 Å². The van der Waals surface area contributed by atoms with E-state index in [9.17, 15) is 4.79 Å². The fourth-order valence-electron chi connectivity index (χ4n) is 0.687. The van der Waals surface area contributed by atoms with Crippen molar-refractivity contribution in [2.24, 2.45) is 0 Å². The summed E-state index contributed by atoms with van der Waals surface area (Å²) < 4.78 is 5.63. The Balaban J connectivity index is 2.95. The minimum Gasteiger partial charge on any atom is -0.462 e. The van der Waals surface area contributed by atoms with Gasteiger partial charge in [-0.3, -0.25) is 0 Å². The maximum absolute atomic E-state index is 11.2. The van der Waals surface area contributed by atoms with Gasteiger partial charge in [-0.2, -0.15) is 0 Å². The maximum Gasteiger partial charge on any atom is 0.342 e. The van der Waals surface area contributed by atoms with Gasteiger partial charge in [0.1, 0.15) is 10.2 Å². The van der Waals surface area contributed by atoms with Gasteiger partial charge in [0.05, 0.1) is 6.61 Å². The first-order chi connectivity index (χ1) is 6.15. The highest BCUT2D eigenvalue weighted by Crippen LogP contribution is 2.15. The third kappa shape index (κ3) is 2.73. The summed E-state index contributed by atoms with van der Waals surface area (Å²) >= 11 is 6.22. The lowest BCUT2D eigenvalue weighted by Crippen LogP contribution is -2.07. The van der Waals surface area contributed by atoms with Crippen LogP contribution in [0.4, 0.5) is 0 Å². The van der Waals surface area contributed by atoms with Gasteiger partial charge in [-0.1, -0.05) is 0 Å². The van der Waals surface area contributed by atoms with Crippen LogP contribution in [0.5, 0.6) is 0 Å². The van der Waals surface area contributed by atoms with Crippen LogP contribution >= 0.6 is 31.9 Å². The van der Waals surface area contributed by atoms with Gasteiger partial charge in [0.2, 0.25) is 0 Å². The number of halogens is 2. The van der Waals surface area contributed by atoms with Crippen molar-refractivity contribution in [1.29, 1.82) is 0 Å². The van der Waals surface area contributed by atoms with E-state index in [1.165, 1.54) is 6.20 Å². The summed E-state index contributed by atoms with van der Waals surface area (Å²) in [5.74, 6) is -0.429. The van der Waals surface area contributed by atoms with E-state index in [2.05, 4.69) is 41.8 Å². The van der Waals surface area contributed by atoms with Crippen LogP contribution in [0.15, 0.2) is 15.5 Å². The highest BCUT2D eigenvalue weighted by molar-refractivity contribution is 9.11. The molecule has 0 aliphatic heterocycles. The van der Waals surface area contributed by atoms with Crippen LogP contribution in [0.2, 0.25) is 0 Å². The summed E-state index contributed by atoms with van der Waals surface area (Å²) in [6.07, 6.45) is 1.40. The number of aromatic nitrogens is 2. The fourth-order valence-corrected chi connectivity index (χ4v) is 1.64. The minimum absolute atomic E-state index is 0.324. The molecule has 0 spiro atoms. The molecule has 0 aliphatic carbocycles. The molecule has 6 heteroatoms. The second-order valence-corrected chi connectivity index (χ2v) is 3.52. The molecule has 4 nitrogen and oxygen atoms in total. The number of esters is 1. The van der Waals surface area contributed by atoms with Crippen LogP contribution in [0, 0.1) is 0 Å². The fraction of sp³-hybridized carbons (Fsp3) is 0.286. The van der Waals surface area contributed by atoms with Gasteiger partial charge in [-0.15, -0.1) is 0 Å². The first-order valence-electron chi connectivity index (χ1n) is 3.50. The second-order valence-electron chi connectivity index (χ2n) is 2.06. The third-order valence-electron chi connectivity index (χ3n) is 1.21. The third-order valence-corrected chi connectivity index (χ3v) is 2.19. The molecule has 0 bridgehead atoms. The molecule has 1 aromatic rings. The highest BCUT2D eigenvalue weighted by atomic mass is 79.9. The van der Waals surface area contributed by atoms with Crippen molar-refractivity contribution in [2.45, 2.75) is 6.92 Å². The van der Waals surface area contributed by atoms with E-state index < -0.39 is 5.97 Å². The quantitative estimate of drug-likeness (QED) is 0.477. The van der Waals surface area contributed by atoms with Crippen molar-refractivity contribution in [3.8, 4) is 0 Å². The molecule has 0 N–H and O–H groups in total. The van der Waals surface area contributed by atoms with Gasteiger partial charge in [0.25, 0.3) is 0 Å². The number of carbonyl (C=O) groups excluding carboxylic acids is 1. The monoisotopic (exact) mass is 308 g/mol. The zero-order valence-electron chi connectivity index (χ0n) is 6.75. The Hall–Kier alpha value is -0.490. The molecule has 0 unspecified atom stereocenters. The van der Waals surface area contributed by atoms with Gasteiger partial charge in [0.15, 0.2) is 4.73 Å². The molecule has 0 saturated heterocycles. The van der Waals surface area contributed by atoms with E-state index in [1.807, 2.05) is 0 Å². The molecule has 1 rings (SSSR count). The van der Waals surface area contributed by atoms with Crippen LogP contribution in [-0.4, -0.2) is 22.5 Å². The number of carbonyl (C=O) groups is 1. The Labute approximate surface area is 92.0 Å². The number of ether oxygens (including phenoxy) is 1. The van der Waals surface area contributed by atoms with Crippen molar-refractivity contribution in [2.75, 3.05) is 6.61 Å². The molecule has 13 heavy (non-hydrogen) atoms. The van der Waals surface area contributed by atoms with E-state index in [0.717, 1.165) is 0 Å².